The lowest BCUT2D eigenvalue weighted by Gasteiger charge is -2.33. The smallest absolute Gasteiger partial charge is 0.0198 e. The van der Waals surface area contributed by atoms with Gasteiger partial charge in [0.15, 0.2) is 0 Å². The van der Waals surface area contributed by atoms with E-state index in [1.54, 1.807) is 0 Å². The number of hydrogen-bond donors (Lipinski definition) is 1. The fraction of sp³-hybridized carbons (Fsp3) is 1.00. The first-order valence-corrected chi connectivity index (χ1v) is 7.99. The van der Waals surface area contributed by atoms with E-state index in [1.807, 2.05) is 0 Å². The Bertz CT molecular complexity index is 201. The lowest BCUT2D eigenvalue weighted by Crippen LogP contribution is -2.51. The van der Waals surface area contributed by atoms with Crippen molar-refractivity contribution in [3.63, 3.8) is 0 Å². The molecule has 0 unspecified atom stereocenters. The van der Waals surface area contributed by atoms with Crippen molar-refractivity contribution in [2.24, 2.45) is 11.8 Å². The molecule has 0 aromatic rings. The van der Waals surface area contributed by atoms with Crippen LogP contribution in [0.15, 0.2) is 0 Å². The Morgan fingerprint density at radius 1 is 1.00 bits per heavy atom. The monoisotopic (exact) mass is 254 g/mol. The summed E-state index contributed by atoms with van der Waals surface area (Å²) in [5, 5.41) is 3.67. The van der Waals surface area contributed by atoms with Gasteiger partial charge in [0.2, 0.25) is 0 Å². The van der Waals surface area contributed by atoms with Crippen molar-refractivity contribution in [2.45, 2.75) is 72.4 Å². The van der Waals surface area contributed by atoms with Crippen LogP contribution in [-0.2, 0) is 0 Å². The molecule has 2 saturated heterocycles. The van der Waals surface area contributed by atoms with Gasteiger partial charge in [-0.2, -0.15) is 0 Å². The average molecular weight is 254 g/mol. The molecular formula is C16H34N2. The molecular weight excluding hydrogens is 220 g/mol. The summed E-state index contributed by atoms with van der Waals surface area (Å²) in [6.07, 6.45) is 5.48. The van der Waals surface area contributed by atoms with Crippen LogP contribution >= 0.6 is 0 Å². The van der Waals surface area contributed by atoms with Crippen molar-refractivity contribution in [1.82, 2.24) is 10.2 Å². The van der Waals surface area contributed by atoms with Crippen molar-refractivity contribution in [3.05, 3.63) is 0 Å². The third-order valence-electron chi connectivity index (χ3n) is 4.13. The van der Waals surface area contributed by atoms with Gasteiger partial charge in [-0.3, -0.25) is 0 Å². The van der Waals surface area contributed by atoms with Gasteiger partial charge in [-0.1, -0.05) is 41.0 Å². The average Bonchev–Trinajstić information content (AvgIpc) is 2.67. The highest BCUT2D eigenvalue weighted by molar-refractivity contribution is 4.92. The van der Waals surface area contributed by atoms with Gasteiger partial charge in [-0.05, 0) is 37.6 Å². The van der Waals surface area contributed by atoms with Gasteiger partial charge in [0.1, 0.15) is 0 Å². The minimum atomic E-state index is 0.811. The highest BCUT2D eigenvalue weighted by Gasteiger charge is 2.31. The molecule has 0 amide bonds. The number of rotatable bonds is 4. The van der Waals surface area contributed by atoms with E-state index in [1.165, 1.54) is 45.3 Å². The van der Waals surface area contributed by atoms with Gasteiger partial charge < -0.3 is 10.2 Å². The quantitative estimate of drug-likeness (QED) is 0.826. The first kappa shape index (κ1) is 16.0. The van der Waals surface area contributed by atoms with Gasteiger partial charge in [0.25, 0.3) is 0 Å². The van der Waals surface area contributed by atoms with Crippen LogP contribution in [0.1, 0.15) is 60.3 Å². The number of likely N-dealkylation sites (tertiary alicyclic amines) is 1. The van der Waals surface area contributed by atoms with E-state index in [0.29, 0.717) is 0 Å². The van der Waals surface area contributed by atoms with E-state index in [-0.39, 0.29) is 0 Å². The molecule has 108 valence electrons. The summed E-state index contributed by atoms with van der Waals surface area (Å²) in [4.78, 5) is 2.65. The zero-order valence-electron chi connectivity index (χ0n) is 13.2. The van der Waals surface area contributed by atoms with E-state index in [4.69, 9.17) is 0 Å². The number of hydrogen-bond acceptors (Lipinski definition) is 2. The Hall–Kier alpha value is -0.0800. The molecule has 2 rings (SSSR count). The van der Waals surface area contributed by atoms with Crippen molar-refractivity contribution in [3.8, 4) is 0 Å². The molecule has 2 aliphatic heterocycles. The molecule has 2 nitrogen and oxygen atoms in total. The molecule has 2 aliphatic rings. The Morgan fingerprint density at radius 2 is 1.50 bits per heavy atom. The van der Waals surface area contributed by atoms with E-state index in [0.717, 1.165) is 23.9 Å². The van der Waals surface area contributed by atoms with Crippen molar-refractivity contribution in [2.75, 3.05) is 19.6 Å². The number of nitrogens with one attached hydrogen (secondary N) is 1. The molecule has 2 fully saturated rings. The fourth-order valence-corrected chi connectivity index (χ4v) is 2.51. The minimum Gasteiger partial charge on any atom is -0.309 e. The second kappa shape index (κ2) is 8.16. The maximum atomic E-state index is 3.67. The van der Waals surface area contributed by atoms with E-state index >= 15 is 0 Å². The molecule has 2 bridgehead atoms. The summed E-state index contributed by atoms with van der Waals surface area (Å²) in [5.41, 5.74) is 0. The Balaban J connectivity index is 0.000000280. The Morgan fingerprint density at radius 3 is 1.89 bits per heavy atom. The maximum absolute atomic E-state index is 3.67. The number of nitrogens with zero attached hydrogens (tertiary/aromatic N) is 1. The molecule has 0 aromatic carbocycles. The summed E-state index contributed by atoms with van der Waals surface area (Å²) < 4.78 is 0. The standard InChI is InChI=1S/C11H22N2.C5H12/c1-9(2)5-6-13-7-10-3-4-11(8-13)12-10;1-4-5(2)3/h9-12H,3-8H2,1-2H3;5H,4H2,1-3H3/t10-,11+;. The molecule has 1 N–H and O–H groups in total. The lowest BCUT2D eigenvalue weighted by molar-refractivity contribution is 0.187. The molecule has 2 heterocycles. The molecule has 2 heteroatoms. The SMILES string of the molecule is CC(C)CCN1C[C@H]2CC[C@@H](C1)N2.CCC(C)C. The largest absolute Gasteiger partial charge is 0.309 e. The predicted octanol–water partition coefficient (Wildman–Crippen LogP) is 3.52. The molecule has 0 saturated carbocycles. The second-order valence-electron chi connectivity index (χ2n) is 6.88. The molecule has 0 aromatic heterocycles. The summed E-state index contributed by atoms with van der Waals surface area (Å²) in [7, 11) is 0. The Kier molecular flexibility index (Phi) is 7.25. The fourth-order valence-electron chi connectivity index (χ4n) is 2.51. The second-order valence-corrected chi connectivity index (χ2v) is 6.88. The van der Waals surface area contributed by atoms with E-state index in [2.05, 4.69) is 44.8 Å². The normalized spacial score (nSPS) is 27.5. The summed E-state index contributed by atoms with van der Waals surface area (Å²) >= 11 is 0. The van der Waals surface area contributed by atoms with Gasteiger partial charge in [-0.15, -0.1) is 0 Å². The Labute approximate surface area is 115 Å². The predicted molar refractivity (Wildman–Crippen MR) is 81.0 cm³/mol. The van der Waals surface area contributed by atoms with Crippen LogP contribution in [-0.4, -0.2) is 36.6 Å². The van der Waals surface area contributed by atoms with Crippen LogP contribution in [0.3, 0.4) is 0 Å². The van der Waals surface area contributed by atoms with Crippen LogP contribution in [0.2, 0.25) is 0 Å². The zero-order chi connectivity index (χ0) is 13.5. The van der Waals surface area contributed by atoms with Crippen LogP contribution in [0.25, 0.3) is 0 Å². The van der Waals surface area contributed by atoms with Crippen molar-refractivity contribution >= 4 is 0 Å². The van der Waals surface area contributed by atoms with Crippen LogP contribution < -0.4 is 5.32 Å². The van der Waals surface area contributed by atoms with Crippen molar-refractivity contribution in [1.29, 1.82) is 0 Å². The van der Waals surface area contributed by atoms with Crippen molar-refractivity contribution < 1.29 is 0 Å². The van der Waals surface area contributed by atoms with Gasteiger partial charge >= 0.3 is 0 Å². The van der Waals surface area contributed by atoms with E-state index in [9.17, 15) is 0 Å². The number of fused-ring (bicyclic) bond motifs is 2. The topological polar surface area (TPSA) is 15.3 Å². The minimum absolute atomic E-state index is 0.811. The molecule has 18 heavy (non-hydrogen) atoms. The van der Waals surface area contributed by atoms with Gasteiger partial charge in [0, 0.05) is 25.2 Å². The first-order valence-electron chi connectivity index (χ1n) is 7.99. The molecule has 0 radical (unpaired) electrons. The van der Waals surface area contributed by atoms with E-state index < -0.39 is 0 Å². The van der Waals surface area contributed by atoms with Crippen LogP contribution in [0.4, 0.5) is 0 Å². The molecule has 0 aliphatic carbocycles. The first-order chi connectivity index (χ1) is 8.51. The zero-order valence-corrected chi connectivity index (χ0v) is 13.2. The third-order valence-corrected chi connectivity index (χ3v) is 4.13. The molecule has 0 spiro atoms. The lowest BCUT2D eigenvalue weighted by atomic mass is 10.1. The molecule has 2 atom stereocenters. The maximum Gasteiger partial charge on any atom is 0.0198 e. The summed E-state index contributed by atoms with van der Waals surface area (Å²) in [6.45, 7) is 15.2. The van der Waals surface area contributed by atoms with Crippen LogP contribution in [0, 0.1) is 11.8 Å². The van der Waals surface area contributed by atoms with Gasteiger partial charge in [-0.25, -0.2) is 0 Å². The van der Waals surface area contributed by atoms with Crippen LogP contribution in [0.5, 0.6) is 0 Å². The number of piperazine rings is 1. The summed E-state index contributed by atoms with van der Waals surface area (Å²) in [5.74, 6) is 1.74. The summed E-state index contributed by atoms with van der Waals surface area (Å²) in [6, 6.07) is 1.62. The van der Waals surface area contributed by atoms with Gasteiger partial charge in [0.05, 0.1) is 0 Å². The highest BCUT2D eigenvalue weighted by Crippen LogP contribution is 2.20. The highest BCUT2D eigenvalue weighted by atomic mass is 15.2. The third kappa shape index (κ3) is 6.19.